The number of allylic oxidation sites excluding steroid dienone is 2. The summed E-state index contributed by atoms with van der Waals surface area (Å²) in [5.41, 5.74) is 1.21. The van der Waals surface area contributed by atoms with Crippen LogP contribution in [0.1, 0.15) is 45.2 Å². The highest BCUT2D eigenvalue weighted by molar-refractivity contribution is 6.11. The number of carbonyl (C=O) groups excluding carboxylic acids is 5. The first kappa shape index (κ1) is 32.6. The lowest BCUT2D eigenvalue weighted by atomic mass is 10.1. The molecule has 0 atom stereocenters. The molecule has 1 N–H and O–H groups in total. The summed E-state index contributed by atoms with van der Waals surface area (Å²) >= 11 is 0. The van der Waals surface area contributed by atoms with Gasteiger partial charge in [0.05, 0.1) is 19.1 Å². The fraction of sp³-hybridized carbons (Fsp3) is 0.0857. The van der Waals surface area contributed by atoms with Crippen LogP contribution in [0.2, 0.25) is 0 Å². The smallest absolute Gasteiger partial charge is 0.347 e. The molecule has 0 aliphatic rings. The van der Waals surface area contributed by atoms with Gasteiger partial charge in [-0.05, 0) is 71.8 Å². The van der Waals surface area contributed by atoms with Gasteiger partial charge in [0.25, 0.3) is 0 Å². The lowest BCUT2D eigenvalue weighted by molar-refractivity contribution is -0.132. The first-order chi connectivity index (χ1) is 22.1. The number of ketones is 2. The van der Waals surface area contributed by atoms with Crippen LogP contribution in [0.5, 0.6) is 28.7 Å². The fourth-order valence-corrected chi connectivity index (χ4v) is 3.93. The molecule has 0 amide bonds. The van der Waals surface area contributed by atoms with Gasteiger partial charge in [-0.25, -0.2) is 9.59 Å². The third-order valence-corrected chi connectivity index (χ3v) is 6.11. The second kappa shape index (κ2) is 15.4. The minimum atomic E-state index is -0.875. The Morgan fingerprint density at radius 1 is 0.717 bits per heavy atom. The maximum atomic E-state index is 12.7. The van der Waals surface area contributed by atoms with Gasteiger partial charge in [0, 0.05) is 19.3 Å². The van der Waals surface area contributed by atoms with Crippen molar-refractivity contribution >= 4 is 41.6 Å². The van der Waals surface area contributed by atoms with Crippen molar-refractivity contribution in [3.63, 3.8) is 0 Å². The molecular weight excluding hydrogens is 594 g/mol. The number of aromatic hydroxyl groups is 1. The van der Waals surface area contributed by atoms with Crippen molar-refractivity contribution in [2.45, 2.75) is 13.3 Å². The Morgan fingerprint density at radius 2 is 1.37 bits per heavy atom. The number of carbonyl (C=O) groups is 5. The molecule has 4 rings (SSSR count). The summed E-state index contributed by atoms with van der Waals surface area (Å²) in [7, 11) is 1.41. The van der Waals surface area contributed by atoms with E-state index in [1.165, 1.54) is 87.1 Å². The SMILES string of the molecule is COc1cc(/C=C/C(=O)CC(=O)/C=C/c2ccc(O)c(OC(=O)c3ccccc3OC(C)=O)c2)ccc1OC(=O)c1cccnc1. The van der Waals surface area contributed by atoms with E-state index in [-0.39, 0.29) is 39.9 Å². The molecule has 0 aliphatic carbocycles. The second-order valence-electron chi connectivity index (χ2n) is 9.52. The van der Waals surface area contributed by atoms with Crippen LogP contribution in [0.25, 0.3) is 12.2 Å². The van der Waals surface area contributed by atoms with E-state index in [2.05, 4.69) is 4.98 Å². The number of benzene rings is 3. The van der Waals surface area contributed by atoms with E-state index in [1.54, 1.807) is 36.4 Å². The van der Waals surface area contributed by atoms with Crippen molar-refractivity contribution < 1.29 is 48.0 Å². The lowest BCUT2D eigenvalue weighted by Crippen LogP contribution is -2.12. The molecule has 1 aromatic heterocycles. The average Bonchev–Trinajstić information content (AvgIpc) is 3.04. The van der Waals surface area contributed by atoms with Crippen LogP contribution in [0.15, 0.2) is 97.3 Å². The number of esters is 3. The number of pyridine rings is 1. The third-order valence-electron chi connectivity index (χ3n) is 6.11. The Bertz CT molecular complexity index is 1840. The predicted octanol–water partition coefficient (Wildman–Crippen LogP) is 5.41. The maximum Gasteiger partial charge on any atom is 0.347 e. The minimum Gasteiger partial charge on any atom is -0.504 e. The lowest BCUT2D eigenvalue weighted by Gasteiger charge is -2.10. The summed E-state index contributed by atoms with van der Waals surface area (Å²) in [6.07, 6.45) is 7.83. The average molecular weight is 622 g/mol. The molecule has 232 valence electrons. The first-order valence-corrected chi connectivity index (χ1v) is 13.7. The molecule has 0 bridgehead atoms. The Kier molecular flexibility index (Phi) is 10.9. The molecule has 0 aliphatic heterocycles. The molecule has 0 fully saturated rings. The van der Waals surface area contributed by atoms with Crippen LogP contribution in [-0.4, -0.2) is 46.7 Å². The van der Waals surface area contributed by atoms with E-state index in [4.69, 9.17) is 18.9 Å². The zero-order chi connectivity index (χ0) is 33.1. The van der Waals surface area contributed by atoms with Gasteiger partial charge in [0.2, 0.25) is 0 Å². The van der Waals surface area contributed by atoms with Gasteiger partial charge in [0.15, 0.2) is 34.6 Å². The summed E-state index contributed by atoms with van der Waals surface area (Å²) < 4.78 is 21.0. The van der Waals surface area contributed by atoms with Crippen LogP contribution in [0.3, 0.4) is 0 Å². The Labute approximate surface area is 263 Å². The van der Waals surface area contributed by atoms with Crippen molar-refractivity contribution in [3.05, 3.63) is 120 Å². The summed E-state index contributed by atoms with van der Waals surface area (Å²) in [5, 5.41) is 10.2. The fourth-order valence-electron chi connectivity index (χ4n) is 3.93. The number of hydrogen-bond acceptors (Lipinski definition) is 11. The van der Waals surface area contributed by atoms with Crippen LogP contribution >= 0.6 is 0 Å². The molecule has 0 radical (unpaired) electrons. The number of para-hydroxylation sites is 1. The van der Waals surface area contributed by atoms with Gasteiger partial charge in [-0.1, -0.05) is 36.4 Å². The van der Waals surface area contributed by atoms with Crippen LogP contribution in [0.4, 0.5) is 0 Å². The molecule has 3 aromatic carbocycles. The van der Waals surface area contributed by atoms with Crippen molar-refractivity contribution in [2.75, 3.05) is 7.11 Å². The van der Waals surface area contributed by atoms with Crippen molar-refractivity contribution in [3.8, 4) is 28.7 Å². The highest BCUT2D eigenvalue weighted by atomic mass is 16.6. The normalized spacial score (nSPS) is 10.8. The van der Waals surface area contributed by atoms with Gasteiger partial charge in [0.1, 0.15) is 11.3 Å². The van der Waals surface area contributed by atoms with E-state index in [1.807, 2.05) is 0 Å². The third kappa shape index (κ3) is 9.07. The van der Waals surface area contributed by atoms with Gasteiger partial charge < -0.3 is 24.1 Å². The molecule has 11 heteroatoms. The number of methoxy groups -OCH3 is 1. The Balaban J connectivity index is 1.35. The van der Waals surface area contributed by atoms with Crippen LogP contribution in [0, 0.1) is 0 Å². The maximum absolute atomic E-state index is 12.7. The van der Waals surface area contributed by atoms with E-state index in [0.717, 1.165) is 0 Å². The number of rotatable bonds is 12. The number of nitrogens with zero attached hydrogens (tertiary/aromatic N) is 1. The van der Waals surface area contributed by atoms with Crippen LogP contribution in [-0.2, 0) is 14.4 Å². The van der Waals surface area contributed by atoms with Crippen molar-refractivity contribution in [1.82, 2.24) is 4.98 Å². The number of aromatic nitrogens is 1. The molecule has 0 saturated heterocycles. The number of phenols is 1. The largest absolute Gasteiger partial charge is 0.504 e. The first-order valence-electron chi connectivity index (χ1n) is 13.7. The second-order valence-corrected chi connectivity index (χ2v) is 9.52. The topological polar surface area (TPSA) is 155 Å². The zero-order valence-electron chi connectivity index (χ0n) is 24.7. The van der Waals surface area contributed by atoms with E-state index < -0.39 is 35.9 Å². The van der Waals surface area contributed by atoms with E-state index in [0.29, 0.717) is 11.1 Å². The minimum absolute atomic E-state index is 0.00157. The molecule has 0 spiro atoms. The van der Waals surface area contributed by atoms with Gasteiger partial charge >= 0.3 is 17.9 Å². The molecule has 1 heterocycles. The predicted molar refractivity (Wildman–Crippen MR) is 166 cm³/mol. The zero-order valence-corrected chi connectivity index (χ0v) is 24.7. The highest BCUT2D eigenvalue weighted by Gasteiger charge is 2.18. The number of phenolic OH excluding ortho intramolecular Hbond substituents is 1. The molecule has 4 aromatic rings. The standard InChI is InChI=1S/C35H27NO10/c1-22(37)44-30-8-4-3-7-28(30)35(42)46-32-18-23(11-15-29(32)40)9-13-26(38)20-27(39)14-10-24-12-16-31(33(19-24)43-2)45-34(41)25-6-5-17-36-21-25/h3-19,21,40H,20H2,1-2H3/b13-9+,14-10+. The number of ether oxygens (including phenoxy) is 4. The van der Waals surface area contributed by atoms with Gasteiger partial charge in [-0.2, -0.15) is 0 Å². The molecule has 0 unspecified atom stereocenters. The highest BCUT2D eigenvalue weighted by Crippen LogP contribution is 2.31. The summed E-state index contributed by atoms with van der Waals surface area (Å²) in [6, 6.07) is 17.9. The van der Waals surface area contributed by atoms with Crippen LogP contribution < -0.4 is 18.9 Å². The molecular formula is C35H27NO10. The van der Waals surface area contributed by atoms with E-state index >= 15 is 0 Å². The quantitative estimate of drug-likeness (QED) is 0.0933. The monoisotopic (exact) mass is 621 g/mol. The molecule has 0 saturated carbocycles. The molecule has 46 heavy (non-hydrogen) atoms. The van der Waals surface area contributed by atoms with Gasteiger partial charge in [-0.3, -0.25) is 19.4 Å². The Hall–Kier alpha value is -6.36. The molecule has 11 nitrogen and oxygen atoms in total. The van der Waals surface area contributed by atoms with Crippen molar-refractivity contribution in [2.24, 2.45) is 0 Å². The summed E-state index contributed by atoms with van der Waals surface area (Å²) in [4.78, 5) is 65.2. The summed E-state index contributed by atoms with van der Waals surface area (Å²) in [6.45, 7) is 1.19. The summed E-state index contributed by atoms with van der Waals surface area (Å²) in [5.74, 6) is -3.15. The van der Waals surface area contributed by atoms with Crippen molar-refractivity contribution in [1.29, 1.82) is 0 Å². The van der Waals surface area contributed by atoms with Gasteiger partial charge in [-0.15, -0.1) is 0 Å². The Morgan fingerprint density at radius 3 is 2.02 bits per heavy atom. The van der Waals surface area contributed by atoms with E-state index in [9.17, 15) is 29.1 Å². The number of hydrogen-bond donors (Lipinski definition) is 1.